The molecule has 1 rings (SSSR count). The van der Waals surface area contributed by atoms with Crippen LogP contribution < -0.4 is 5.32 Å². The monoisotopic (exact) mass is 190 g/mol. The molecule has 0 aliphatic heterocycles. The molecule has 1 N–H and O–H groups in total. The molecule has 0 aliphatic carbocycles. The Kier molecular flexibility index (Phi) is 4.41. The third kappa shape index (κ3) is 3.85. The molecule has 1 aromatic heterocycles. The molecular weight excluding hydrogens is 176 g/mol. The molecule has 0 unspecified atom stereocenters. The van der Waals surface area contributed by atoms with Gasteiger partial charge in [0.1, 0.15) is 0 Å². The number of hydrogen-bond donors (Lipinski definition) is 1. The molecule has 0 saturated heterocycles. The highest BCUT2D eigenvalue weighted by Gasteiger charge is 1.99. The summed E-state index contributed by atoms with van der Waals surface area (Å²) in [6.45, 7) is 4.06. The van der Waals surface area contributed by atoms with Crippen LogP contribution in [0, 0.1) is 0 Å². The molecule has 14 heavy (non-hydrogen) atoms. The van der Waals surface area contributed by atoms with Gasteiger partial charge in [-0.25, -0.2) is 0 Å². The van der Waals surface area contributed by atoms with Crippen molar-refractivity contribution in [2.75, 3.05) is 6.54 Å². The van der Waals surface area contributed by atoms with E-state index in [0.29, 0.717) is 13.0 Å². The molecule has 0 fully saturated rings. The number of aromatic nitrogens is 1. The molecule has 1 amide bonds. The Labute approximate surface area is 83.9 Å². The topological polar surface area (TPSA) is 42.0 Å². The minimum Gasteiger partial charge on any atom is -0.353 e. The van der Waals surface area contributed by atoms with Gasteiger partial charge in [0.05, 0.1) is 0 Å². The van der Waals surface area contributed by atoms with Gasteiger partial charge in [0.25, 0.3) is 0 Å². The molecule has 0 radical (unpaired) electrons. The number of hydrogen-bond acceptors (Lipinski definition) is 2. The molecule has 0 saturated carbocycles. The number of aryl methyl sites for hydroxylation is 1. The zero-order valence-corrected chi connectivity index (χ0v) is 8.07. The minimum absolute atomic E-state index is 0.0498. The van der Waals surface area contributed by atoms with Gasteiger partial charge in [-0.05, 0) is 18.1 Å². The molecule has 1 aromatic rings. The number of pyridine rings is 1. The average Bonchev–Trinajstić information content (AvgIpc) is 2.25. The molecule has 0 spiro atoms. The van der Waals surface area contributed by atoms with E-state index < -0.39 is 0 Å². The standard InChI is InChI=1S/C11H14N2O/c1-2-7-13-11(14)6-5-10-4-3-8-12-9-10/h2-4,8-9H,1,5-7H2,(H,13,14). The normalized spacial score (nSPS) is 9.43. The van der Waals surface area contributed by atoms with Gasteiger partial charge in [0.2, 0.25) is 5.91 Å². The van der Waals surface area contributed by atoms with Crippen LogP contribution in [0.15, 0.2) is 37.2 Å². The second-order valence-corrected chi connectivity index (χ2v) is 2.95. The lowest BCUT2D eigenvalue weighted by atomic mass is 10.1. The van der Waals surface area contributed by atoms with Gasteiger partial charge in [-0.15, -0.1) is 6.58 Å². The van der Waals surface area contributed by atoms with Crippen molar-refractivity contribution in [3.63, 3.8) is 0 Å². The average molecular weight is 190 g/mol. The lowest BCUT2D eigenvalue weighted by Gasteiger charge is -2.01. The Balaban J connectivity index is 2.27. The van der Waals surface area contributed by atoms with Crippen molar-refractivity contribution in [1.82, 2.24) is 10.3 Å². The Morgan fingerprint density at radius 1 is 1.64 bits per heavy atom. The summed E-state index contributed by atoms with van der Waals surface area (Å²) in [5.41, 5.74) is 1.08. The van der Waals surface area contributed by atoms with Gasteiger partial charge in [0, 0.05) is 25.4 Å². The van der Waals surface area contributed by atoms with Gasteiger partial charge in [-0.3, -0.25) is 9.78 Å². The van der Waals surface area contributed by atoms with E-state index >= 15 is 0 Å². The Morgan fingerprint density at radius 3 is 3.14 bits per heavy atom. The van der Waals surface area contributed by atoms with Crippen LogP contribution in [-0.2, 0) is 11.2 Å². The van der Waals surface area contributed by atoms with Crippen molar-refractivity contribution in [2.24, 2.45) is 0 Å². The van der Waals surface area contributed by atoms with Crippen LogP contribution in [0.4, 0.5) is 0 Å². The highest BCUT2D eigenvalue weighted by atomic mass is 16.1. The fourth-order valence-corrected chi connectivity index (χ4v) is 1.08. The third-order valence-corrected chi connectivity index (χ3v) is 1.81. The summed E-state index contributed by atoms with van der Waals surface area (Å²) in [6.07, 6.45) is 6.40. The Hall–Kier alpha value is -1.64. The largest absolute Gasteiger partial charge is 0.353 e. The summed E-state index contributed by atoms with van der Waals surface area (Å²) in [7, 11) is 0. The number of amides is 1. The molecule has 1 heterocycles. The maximum absolute atomic E-state index is 11.2. The summed E-state index contributed by atoms with van der Waals surface area (Å²) < 4.78 is 0. The van der Waals surface area contributed by atoms with Crippen LogP contribution in [-0.4, -0.2) is 17.4 Å². The second-order valence-electron chi connectivity index (χ2n) is 2.95. The van der Waals surface area contributed by atoms with Crippen molar-refractivity contribution in [2.45, 2.75) is 12.8 Å². The molecule has 0 atom stereocenters. The van der Waals surface area contributed by atoms with E-state index in [1.54, 1.807) is 18.5 Å². The second kappa shape index (κ2) is 5.91. The lowest BCUT2D eigenvalue weighted by molar-refractivity contribution is -0.120. The number of nitrogens with zero attached hydrogens (tertiary/aromatic N) is 1. The lowest BCUT2D eigenvalue weighted by Crippen LogP contribution is -2.23. The van der Waals surface area contributed by atoms with E-state index in [1.165, 1.54) is 0 Å². The van der Waals surface area contributed by atoms with Gasteiger partial charge < -0.3 is 5.32 Å². The predicted octanol–water partition coefficient (Wildman–Crippen LogP) is 1.32. The highest BCUT2D eigenvalue weighted by Crippen LogP contribution is 1.99. The van der Waals surface area contributed by atoms with Crippen LogP contribution in [0.25, 0.3) is 0 Å². The van der Waals surface area contributed by atoms with Crippen LogP contribution in [0.5, 0.6) is 0 Å². The third-order valence-electron chi connectivity index (χ3n) is 1.81. The number of carbonyl (C=O) groups excluding carboxylic acids is 1. The zero-order chi connectivity index (χ0) is 10.2. The van der Waals surface area contributed by atoms with Crippen LogP contribution in [0.3, 0.4) is 0 Å². The number of rotatable bonds is 5. The quantitative estimate of drug-likeness (QED) is 0.711. The van der Waals surface area contributed by atoms with Crippen LogP contribution in [0.1, 0.15) is 12.0 Å². The maximum Gasteiger partial charge on any atom is 0.220 e. The first-order valence-corrected chi connectivity index (χ1v) is 4.59. The van der Waals surface area contributed by atoms with Crippen molar-refractivity contribution in [3.05, 3.63) is 42.7 Å². The first kappa shape index (κ1) is 10.4. The SMILES string of the molecule is C=CCNC(=O)CCc1cccnc1. The molecule has 3 heteroatoms. The fraction of sp³-hybridized carbons (Fsp3) is 0.273. The van der Waals surface area contributed by atoms with Crippen molar-refractivity contribution >= 4 is 5.91 Å². The first-order chi connectivity index (χ1) is 6.83. The van der Waals surface area contributed by atoms with E-state index in [0.717, 1.165) is 12.0 Å². The summed E-state index contributed by atoms with van der Waals surface area (Å²) >= 11 is 0. The van der Waals surface area contributed by atoms with E-state index in [9.17, 15) is 4.79 Å². The first-order valence-electron chi connectivity index (χ1n) is 4.59. The van der Waals surface area contributed by atoms with Gasteiger partial charge in [-0.1, -0.05) is 12.1 Å². The van der Waals surface area contributed by atoms with E-state index in [1.807, 2.05) is 12.1 Å². The summed E-state index contributed by atoms with van der Waals surface area (Å²) in [5.74, 6) is 0.0498. The van der Waals surface area contributed by atoms with E-state index in [2.05, 4.69) is 16.9 Å². The van der Waals surface area contributed by atoms with E-state index in [-0.39, 0.29) is 5.91 Å². The fourth-order valence-electron chi connectivity index (χ4n) is 1.08. The van der Waals surface area contributed by atoms with E-state index in [4.69, 9.17) is 0 Å². The van der Waals surface area contributed by atoms with Crippen LogP contribution in [0.2, 0.25) is 0 Å². The van der Waals surface area contributed by atoms with Crippen molar-refractivity contribution < 1.29 is 4.79 Å². The molecular formula is C11H14N2O. The molecule has 0 bridgehead atoms. The summed E-state index contributed by atoms with van der Waals surface area (Å²) in [4.78, 5) is 15.2. The number of carbonyl (C=O) groups is 1. The predicted molar refractivity (Wildman–Crippen MR) is 55.8 cm³/mol. The van der Waals surface area contributed by atoms with Crippen molar-refractivity contribution in [3.8, 4) is 0 Å². The highest BCUT2D eigenvalue weighted by molar-refractivity contribution is 5.76. The van der Waals surface area contributed by atoms with Gasteiger partial charge in [-0.2, -0.15) is 0 Å². The smallest absolute Gasteiger partial charge is 0.220 e. The molecule has 0 aliphatic rings. The minimum atomic E-state index is 0.0498. The summed E-state index contributed by atoms with van der Waals surface area (Å²) in [5, 5.41) is 2.73. The van der Waals surface area contributed by atoms with Crippen LogP contribution >= 0.6 is 0 Å². The Bertz CT molecular complexity index is 295. The number of nitrogens with one attached hydrogen (secondary N) is 1. The Morgan fingerprint density at radius 2 is 2.50 bits per heavy atom. The van der Waals surface area contributed by atoms with Gasteiger partial charge >= 0.3 is 0 Å². The molecule has 3 nitrogen and oxygen atoms in total. The molecule has 0 aromatic carbocycles. The van der Waals surface area contributed by atoms with Crippen molar-refractivity contribution in [1.29, 1.82) is 0 Å². The molecule has 74 valence electrons. The van der Waals surface area contributed by atoms with Gasteiger partial charge in [0.15, 0.2) is 0 Å². The zero-order valence-electron chi connectivity index (χ0n) is 8.07. The maximum atomic E-state index is 11.2. The summed E-state index contributed by atoms with van der Waals surface area (Å²) in [6, 6.07) is 3.84.